The van der Waals surface area contributed by atoms with Crippen LogP contribution in [0.15, 0.2) is 48.5 Å². The number of anilines is 2. The standard InChI is InChI=1S/C15H17NO/c1-2-3-12-4-6-13(7-5-12)16-14-8-10-15(17)11-9-14/h4-11,16-17H,2-3H2,1H3. The fourth-order valence-electron chi connectivity index (χ4n) is 1.75. The van der Waals surface area contributed by atoms with Crippen LogP contribution in [0, 0.1) is 0 Å². The molecule has 2 N–H and O–H groups in total. The van der Waals surface area contributed by atoms with Gasteiger partial charge < -0.3 is 10.4 Å². The average molecular weight is 227 g/mol. The van der Waals surface area contributed by atoms with Crippen molar-refractivity contribution in [1.29, 1.82) is 0 Å². The predicted molar refractivity (Wildman–Crippen MR) is 71.8 cm³/mol. The van der Waals surface area contributed by atoms with Gasteiger partial charge in [-0.15, -0.1) is 0 Å². The summed E-state index contributed by atoms with van der Waals surface area (Å²) in [6.45, 7) is 2.18. The van der Waals surface area contributed by atoms with Crippen molar-refractivity contribution < 1.29 is 5.11 Å². The summed E-state index contributed by atoms with van der Waals surface area (Å²) in [5.74, 6) is 0.286. The molecule has 2 aromatic rings. The van der Waals surface area contributed by atoms with Crippen LogP contribution in [-0.4, -0.2) is 5.11 Å². The highest BCUT2D eigenvalue weighted by Gasteiger charge is 1.96. The molecule has 0 aliphatic carbocycles. The lowest BCUT2D eigenvalue weighted by Crippen LogP contribution is -1.90. The third-order valence-electron chi connectivity index (χ3n) is 2.65. The zero-order valence-electron chi connectivity index (χ0n) is 9.98. The topological polar surface area (TPSA) is 32.3 Å². The Morgan fingerprint density at radius 2 is 1.41 bits per heavy atom. The number of phenolic OH excluding ortho intramolecular Hbond substituents is 1. The Morgan fingerprint density at radius 3 is 1.94 bits per heavy atom. The maximum absolute atomic E-state index is 9.19. The highest BCUT2D eigenvalue weighted by molar-refractivity contribution is 5.60. The Labute approximate surface area is 102 Å². The summed E-state index contributed by atoms with van der Waals surface area (Å²) >= 11 is 0. The molecule has 0 saturated carbocycles. The van der Waals surface area contributed by atoms with Crippen LogP contribution in [0.25, 0.3) is 0 Å². The molecule has 0 radical (unpaired) electrons. The number of aryl methyl sites for hydroxylation is 1. The van der Waals surface area contributed by atoms with E-state index in [0.29, 0.717) is 0 Å². The molecule has 0 aliphatic rings. The van der Waals surface area contributed by atoms with Gasteiger partial charge in [-0.2, -0.15) is 0 Å². The van der Waals surface area contributed by atoms with E-state index in [0.717, 1.165) is 17.8 Å². The van der Waals surface area contributed by atoms with E-state index in [9.17, 15) is 5.11 Å². The van der Waals surface area contributed by atoms with Crippen LogP contribution in [0.5, 0.6) is 5.75 Å². The third kappa shape index (κ3) is 3.25. The molecule has 0 amide bonds. The fraction of sp³-hybridized carbons (Fsp3) is 0.200. The van der Waals surface area contributed by atoms with Crippen molar-refractivity contribution in [3.8, 4) is 5.75 Å². The highest BCUT2D eigenvalue weighted by Crippen LogP contribution is 2.19. The van der Waals surface area contributed by atoms with Crippen molar-refractivity contribution in [2.45, 2.75) is 19.8 Å². The van der Waals surface area contributed by atoms with Crippen LogP contribution in [0.1, 0.15) is 18.9 Å². The lowest BCUT2D eigenvalue weighted by Gasteiger charge is -2.07. The van der Waals surface area contributed by atoms with Gasteiger partial charge in [-0.05, 0) is 48.4 Å². The minimum absolute atomic E-state index is 0.286. The molecule has 0 unspecified atom stereocenters. The van der Waals surface area contributed by atoms with E-state index in [4.69, 9.17) is 0 Å². The second-order valence-electron chi connectivity index (χ2n) is 4.12. The first-order valence-corrected chi connectivity index (χ1v) is 5.93. The van der Waals surface area contributed by atoms with Gasteiger partial charge in [0.15, 0.2) is 0 Å². The van der Waals surface area contributed by atoms with E-state index in [1.165, 1.54) is 12.0 Å². The Morgan fingerprint density at radius 1 is 0.882 bits per heavy atom. The SMILES string of the molecule is CCCc1ccc(Nc2ccc(O)cc2)cc1. The molecule has 88 valence electrons. The van der Waals surface area contributed by atoms with Crippen molar-refractivity contribution in [3.05, 3.63) is 54.1 Å². The number of hydrogen-bond donors (Lipinski definition) is 2. The average Bonchev–Trinajstić information content (AvgIpc) is 2.35. The summed E-state index contributed by atoms with van der Waals surface area (Å²) in [6, 6.07) is 15.5. The largest absolute Gasteiger partial charge is 0.508 e. The molecular formula is C15H17NO. The number of rotatable bonds is 4. The van der Waals surface area contributed by atoms with Gasteiger partial charge in [0.2, 0.25) is 0 Å². The molecular weight excluding hydrogens is 210 g/mol. The Hall–Kier alpha value is -1.96. The van der Waals surface area contributed by atoms with Gasteiger partial charge in [-0.1, -0.05) is 25.5 Å². The number of aromatic hydroxyl groups is 1. The Bertz CT molecular complexity index is 459. The minimum Gasteiger partial charge on any atom is -0.508 e. The molecule has 2 nitrogen and oxygen atoms in total. The quantitative estimate of drug-likeness (QED) is 0.771. The molecule has 0 aromatic heterocycles. The van der Waals surface area contributed by atoms with Gasteiger partial charge in [0, 0.05) is 11.4 Å². The van der Waals surface area contributed by atoms with Crippen LogP contribution in [0.4, 0.5) is 11.4 Å². The van der Waals surface area contributed by atoms with Crippen molar-refractivity contribution in [2.24, 2.45) is 0 Å². The van der Waals surface area contributed by atoms with E-state index in [1.807, 2.05) is 12.1 Å². The first-order chi connectivity index (χ1) is 8.28. The normalized spacial score (nSPS) is 10.2. The van der Waals surface area contributed by atoms with Crippen LogP contribution in [-0.2, 0) is 6.42 Å². The molecule has 0 spiro atoms. The van der Waals surface area contributed by atoms with E-state index >= 15 is 0 Å². The Balaban J connectivity index is 2.05. The van der Waals surface area contributed by atoms with Gasteiger partial charge in [-0.3, -0.25) is 0 Å². The molecule has 17 heavy (non-hydrogen) atoms. The Kier molecular flexibility index (Phi) is 3.66. The molecule has 2 aromatic carbocycles. The van der Waals surface area contributed by atoms with Crippen LogP contribution >= 0.6 is 0 Å². The van der Waals surface area contributed by atoms with Gasteiger partial charge in [0.05, 0.1) is 0 Å². The number of benzene rings is 2. The van der Waals surface area contributed by atoms with Crippen molar-refractivity contribution in [2.75, 3.05) is 5.32 Å². The van der Waals surface area contributed by atoms with E-state index in [2.05, 4.69) is 36.5 Å². The van der Waals surface area contributed by atoms with E-state index in [-0.39, 0.29) is 5.75 Å². The zero-order valence-corrected chi connectivity index (χ0v) is 9.98. The summed E-state index contributed by atoms with van der Waals surface area (Å²) < 4.78 is 0. The summed E-state index contributed by atoms with van der Waals surface area (Å²) in [4.78, 5) is 0. The van der Waals surface area contributed by atoms with Crippen molar-refractivity contribution in [1.82, 2.24) is 0 Å². The first-order valence-electron chi connectivity index (χ1n) is 5.93. The summed E-state index contributed by atoms with van der Waals surface area (Å²) in [5.41, 5.74) is 3.41. The predicted octanol–water partition coefficient (Wildman–Crippen LogP) is 4.09. The van der Waals surface area contributed by atoms with Crippen molar-refractivity contribution in [3.63, 3.8) is 0 Å². The van der Waals surface area contributed by atoms with Gasteiger partial charge >= 0.3 is 0 Å². The molecule has 2 heteroatoms. The second-order valence-corrected chi connectivity index (χ2v) is 4.12. The summed E-state index contributed by atoms with van der Waals surface area (Å²) in [6.07, 6.45) is 2.30. The van der Waals surface area contributed by atoms with E-state index < -0.39 is 0 Å². The van der Waals surface area contributed by atoms with Gasteiger partial charge in [0.1, 0.15) is 5.75 Å². The molecule has 0 fully saturated rings. The first kappa shape index (κ1) is 11.5. The second kappa shape index (κ2) is 5.39. The fourth-order valence-corrected chi connectivity index (χ4v) is 1.75. The number of phenols is 1. The maximum atomic E-state index is 9.19. The van der Waals surface area contributed by atoms with Gasteiger partial charge in [-0.25, -0.2) is 0 Å². The molecule has 0 atom stereocenters. The molecule has 2 rings (SSSR count). The number of nitrogens with one attached hydrogen (secondary N) is 1. The van der Waals surface area contributed by atoms with Crippen LogP contribution in [0.2, 0.25) is 0 Å². The molecule has 0 bridgehead atoms. The third-order valence-corrected chi connectivity index (χ3v) is 2.65. The maximum Gasteiger partial charge on any atom is 0.115 e. The smallest absolute Gasteiger partial charge is 0.115 e. The van der Waals surface area contributed by atoms with Crippen LogP contribution < -0.4 is 5.32 Å². The molecule has 0 heterocycles. The molecule has 0 aliphatic heterocycles. The summed E-state index contributed by atoms with van der Waals surface area (Å²) in [7, 11) is 0. The lowest BCUT2D eigenvalue weighted by atomic mass is 10.1. The molecule has 0 saturated heterocycles. The number of hydrogen-bond acceptors (Lipinski definition) is 2. The highest BCUT2D eigenvalue weighted by atomic mass is 16.3. The van der Waals surface area contributed by atoms with E-state index in [1.54, 1.807) is 12.1 Å². The van der Waals surface area contributed by atoms with Gasteiger partial charge in [0.25, 0.3) is 0 Å². The lowest BCUT2D eigenvalue weighted by molar-refractivity contribution is 0.475. The van der Waals surface area contributed by atoms with Crippen molar-refractivity contribution >= 4 is 11.4 Å². The monoisotopic (exact) mass is 227 g/mol. The van der Waals surface area contributed by atoms with Crippen LogP contribution in [0.3, 0.4) is 0 Å². The summed E-state index contributed by atoms with van der Waals surface area (Å²) in [5, 5.41) is 12.5. The minimum atomic E-state index is 0.286. The zero-order chi connectivity index (χ0) is 12.1.